The van der Waals surface area contributed by atoms with E-state index in [9.17, 15) is 0 Å². The Morgan fingerprint density at radius 1 is 0.923 bits per heavy atom. The highest BCUT2D eigenvalue weighted by atomic mass is 16.5. The molecule has 1 aromatic heterocycles. The highest BCUT2D eigenvalue weighted by Crippen LogP contribution is 2.27. The summed E-state index contributed by atoms with van der Waals surface area (Å²) in [5, 5.41) is 10.5. The van der Waals surface area contributed by atoms with Crippen LogP contribution in [0.3, 0.4) is 0 Å². The predicted octanol–water partition coefficient (Wildman–Crippen LogP) is 5.65. The fourth-order valence-electron chi connectivity index (χ4n) is 3.42. The summed E-state index contributed by atoms with van der Waals surface area (Å²) in [4.78, 5) is 0. The Labute approximate surface area is 153 Å². The number of fused-ring (bicyclic) bond motifs is 1. The molecule has 3 aromatic carbocycles. The van der Waals surface area contributed by atoms with E-state index < -0.39 is 0 Å². The Kier molecular flexibility index (Phi) is 4.55. The molecule has 0 spiro atoms. The summed E-state index contributed by atoms with van der Waals surface area (Å²) in [6.07, 6.45) is 0. The second-order valence-corrected chi connectivity index (χ2v) is 6.60. The summed E-state index contributed by atoms with van der Waals surface area (Å²) >= 11 is 0. The van der Waals surface area contributed by atoms with Gasteiger partial charge in [-0.15, -0.1) is 0 Å². The lowest BCUT2D eigenvalue weighted by atomic mass is 9.99. The molecule has 0 radical (unpaired) electrons. The zero-order chi connectivity index (χ0) is 17.9. The largest absolute Gasteiger partial charge is 0.361 e. The van der Waals surface area contributed by atoms with Crippen LogP contribution >= 0.6 is 0 Å². The molecule has 0 amide bonds. The maximum atomic E-state index is 5.47. The third-order valence-electron chi connectivity index (χ3n) is 4.91. The number of benzene rings is 3. The van der Waals surface area contributed by atoms with Crippen molar-refractivity contribution in [2.24, 2.45) is 0 Å². The number of hydrogen-bond donors (Lipinski definition) is 1. The summed E-state index contributed by atoms with van der Waals surface area (Å²) < 4.78 is 5.47. The Morgan fingerprint density at radius 3 is 2.50 bits per heavy atom. The van der Waals surface area contributed by atoms with Crippen molar-refractivity contribution in [1.82, 2.24) is 10.5 Å². The monoisotopic (exact) mass is 342 g/mol. The molecule has 1 N–H and O–H groups in total. The van der Waals surface area contributed by atoms with Crippen LogP contribution < -0.4 is 5.32 Å². The van der Waals surface area contributed by atoms with Crippen molar-refractivity contribution in [3.63, 3.8) is 0 Å². The normalized spacial score (nSPS) is 12.4. The third-order valence-corrected chi connectivity index (χ3v) is 4.91. The van der Waals surface area contributed by atoms with Crippen LogP contribution in [0.4, 0.5) is 0 Å². The van der Waals surface area contributed by atoms with Gasteiger partial charge in [0.2, 0.25) is 0 Å². The summed E-state index contributed by atoms with van der Waals surface area (Å²) in [6, 6.07) is 25.4. The number of nitrogens with zero attached hydrogens (tertiary/aromatic N) is 1. The number of aromatic nitrogens is 1. The predicted molar refractivity (Wildman–Crippen MR) is 106 cm³/mol. The fraction of sp³-hybridized carbons (Fsp3) is 0.174. The standard InChI is InChI=1S/C23H22N2O/c1-16(20-14-8-12-18-9-6-7-13-21(18)20)24-15-22-17(2)26-25-23(22)19-10-4-3-5-11-19/h3-14,16,24H,15H2,1-2H3. The second-order valence-electron chi connectivity index (χ2n) is 6.60. The maximum absolute atomic E-state index is 5.47. The van der Waals surface area contributed by atoms with Crippen molar-refractivity contribution in [1.29, 1.82) is 0 Å². The van der Waals surface area contributed by atoms with Gasteiger partial charge in [-0.25, -0.2) is 0 Å². The first kappa shape index (κ1) is 16.6. The van der Waals surface area contributed by atoms with E-state index in [4.69, 9.17) is 4.52 Å². The topological polar surface area (TPSA) is 38.1 Å². The van der Waals surface area contributed by atoms with Gasteiger partial charge in [0, 0.05) is 23.7 Å². The average molecular weight is 342 g/mol. The molecule has 0 aliphatic rings. The van der Waals surface area contributed by atoms with E-state index >= 15 is 0 Å². The highest BCUT2D eigenvalue weighted by molar-refractivity contribution is 5.86. The molecule has 130 valence electrons. The molecule has 0 saturated carbocycles. The third kappa shape index (κ3) is 3.14. The lowest BCUT2D eigenvalue weighted by Crippen LogP contribution is -2.19. The number of aryl methyl sites for hydroxylation is 1. The van der Waals surface area contributed by atoms with Crippen molar-refractivity contribution in [3.8, 4) is 11.3 Å². The SMILES string of the molecule is Cc1onc(-c2ccccc2)c1CNC(C)c1cccc2ccccc12. The highest BCUT2D eigenvalue weighted by Gasteiger charge is 2.16. The molecule has 0 fully saturated rings. The molecule has 26 heavy (non-hydrogen) atoms. The van der Waals surface area contributed by atoms with Crippen molar-refractivity contribution >= 4 is 10.8 Å². The molecule has 1 atom stereocenters. The summed E-state index contributed by atoms with van der Waals surface area (Å²) in [7, 11) is 0. The quantitative estimate of drug-likeness (QED) is 0.509. The molecule has 0 bridgehead atoms. The van der Waals surface area contributed by atoms with Crippen LogP contribution in [0, 0.1) is 6.92 Å². The Balaban J connectivity index is 1.59. The van der Waals surface area contributed by atoms with Gasteiger partial charge < -0.3 is 9.84 Å². The second kappa shape index (κ2) is 7.14. The molecular formula is C23H22N2O. The molecule has 1 unspecified atom stereocenters. The van der Waals surface area contributed by atoms with Gasteiger partial charge in [-0.1, -0.05) is 78.0 Å². The maximum Gasteiger partial charge on any atom is 0.138 e. The first-order chi connectivity index (χ1) is 12.7. The molecule has 1 heterocycles. The van der Waals surface area contributed by atoms with Gasteiger partial charge in [0.05, 0.1) is 0 Å². The Bertz CT molecular complexity index is 1020. The molecule has 0 saturated heterocycles. The van der Waals surface area contributed by atoms with Gasteiger partial charge in [0.1, 0.15) is 11.5 Å². The average Bonchev–Trinajstić information content (AvgIpc) is 3.07. The Hall–Kier alpha value is -2.91. The van der Waals surface area contributed by atoms with Gasteiger partial charge in [0.25, 0.3) is 0 Å². The van der Waals surface area contributed by atoms with E-state index in [2.05, 4.69) is 72.0 Å². The van der Waals surface area contributed by atoms with Crippen molar-refractivity contribution in [3.05, 3.63) is 89.7 Å². The van der Waals surface area contributed by atoms with Gasteiger partial charge in [-0.3, -0.25) is 0 Å². The summed E-state index contributed by atoms with van der Waals surface area (Å²) in [5.41, 5.74) is 4.42. The van der Waals surface area contributed by atoms with Crippen LogP contribution in [-0.4, -0.2) is 5.16 Å². The zero-order valence-electron chi connectivity index (χ0n) is 15.1. The van der Waals surface area contributed by atoms with Crippen LogP contribution in [0.1, 0.15) is 29.9 Å². The minimum atomic E-state index is 0.221. The van der Waals surface area contributed by atoms with E-state index in [0.29, 0.717) is 6.54 Å². The molecule has 0 aliphatic carbocycles. The molecule has 3 nitrogen and oxygen atoms in total. The van der Waals surface area contributed by atoms with Crippen LogP contribution in [0.15, 0.2) is 77.3 Å². The first-order valence-electron chi connectivity index (χ1n) is 8.95. The van der Waals surface area contributed by atoms with Gasteiger partial charge in [0.15, 0.2) is 0 Å². The zero-order valence-corrected chi connectivity index (χ0v) is 15.1. The lowest BCUT2D eigenvalue weighted by molar-refractivity contribution is 0.397. The fourth-order valence-corrected chi connectivity index (χ4v) is 3.42. The first-order valence-corrected chi connectivity index (χ1v) is 8.95. The van der Waals surface area contributed by atoms with Crippen LogP contribution in [0.5, 0.6) is 0 Å². The summed E-state index contributed by atoms with van der Waals surface area (Å²) in [6.45, 7) is 4.88. The number of rotatable bonds is 5. The van der Waals surface area contributed by atoms with E-state index in [1.165, 1.54) is 16.3 Å². The molecule has 4 rings (SSSR count). The molecule has 4 aromatic rings. The van der Waals surface area contributed by atoms with E-state index in [1.54, 1.807) is 0 Å². The smallest absolute Gasteiger partial charge is 0.138 e. The molecule has 3 heteroatoms. The van der Waals surface area contributed by atoms with Crippen molar-refractivity contribution in [2.45, 2.75) is 26.4 Å². The summed E-state index contributed by atoms with van der Waals surface area (Å²) in [5.74, 6) is 0.862. The minimum Gasteiger partial charge on any atom is -0.361 e. The number of nitrogens with one attached hydrogen (secondary N) is 1. The van der Waals surface area contributed by atoms with Gasteiger partial charge >= 0.3 is 0 Å². The van der Waals surface area contributed by atoms with Crippen molar-refractivity contribution in [2.75, 3.05) is 0 Å². The van der Waals surface area contributed by atoms with E-state index in [1.807, 2.05) is 25.1 Å². The van der Waals surface area contributed by atoms with Gasteiger partial charge in [-0.2, -0.15) is 0 Å². The molecular weight excluding hydrogens is 320 g/mol. The van der Waals surface area contributed by atoms with Crippen LogP contribution in [0.25, 0.3) is 22.0 Å². The van der Waals surface area contributed by atoms with Gasteiger partial charge in [-0.05, 0) is 30.2 Å². The lowest BCUT2D eigenvalue weighted by Gasteiger charge is -2.17. The van der Waals surface area contributed by atoms with Crippen molar-refractivity contribution < 1.29 is 4.52 Å². The van der Waals surface area contributed by atoms with E-state index in [0.717, 1.165) is 22.6 Å². The van der Waals surface area contributed by atoms with Crippen LogP contribution in [0.2, 0.25) is 0 Å². The van der Waals surface area contributed by atoms with Crippen LogP contribution in [-0.2, 0) is 6.54 Å². The molecule has 0 aliphatic heterocycles. The number of hydrogen-bond acceptors (Lipinski definition) is 3. The minimum absolute atomic E-state index is 0.221. The Morgan fingerprint density at radius 2 is 1.65 bits per heavy atom. The van der Waals surface area contributed by atoms with E-state index in [-0.39, 0.29) is 6.04 Å².